The second-order valence-corrected chi connectivity index (χ2v) is 5.95. The van der Waals surface area contributed by atoms with Crippen molar-refractivity contribution in [2.45, 2.75) is 20.8 Å². The first-order valence-electron chi connectivity index (χ1n) is 7.20. The van der Waals surface area contributed by atoms with Gasteiger partial charge in [0.25, 0.3) is 0 Å². The van der Waals surface area contributed by atoms with Gasteiger partial charge in [-0.2, -0.15) is 0 Å². The van der Waals surface area contributed by atoms with Crippen molar-refractivity contribution in [3.05, 3.63) is 23.8 Å². The van der Waals surface area contributed by atoms with Crippen LogP contribution in [0.1, 0.15) is 19.4 Å². The summed E-state index contributed by atoms with van der Waals surface area (Å²) in [7, 11) is 1.76. The third kappa shape index (κ3) is 3.63. The van der Waals surface area contributed by atoms with Crippen LogP contribution in [0, 0.1) is 18.8 Å². The molecule has 0 aliphatic carbocycles. The minimum absolute atomic E-state index is 0.651. The molecular formula is C16H26N2O. The Bertz CT molecular complexity index is 407. The molecule has 0 radical (unpaired) electrons. The van der Waals surface area contributed by atoms with E-state index < -0.39 is 0 Å². The lowest BCUT2D eigenvalue weighted by Gasteiger charge is -2.34. The van der Waals surface area contributed by atoms with Crippen molar-refractivity contribution in [2.75, 3.05) is 38.2 Å². The van der Waals surface area contributed by atoms with Crippen LogP contribution in [0.3, 0.4) is 0 Å². The summed E-state index contributed by atoms with van der Waals surface area (Å²) in [6.07, 6.45) is 0. The summed E-state index contributed by atoms with van der Waals surface area (Å²) in [6.45, 7) is 11.1. The van der Waals surface area contributed by atoms with E-state index in [0.29, 0.717) is 11.8 Å². The number of nitrogens with zero attached hydrogens (tertiary/aromatic N) is 1. The Morgan fingerprint density at radius 1 is 1.16 bits per heavy atom. The highest BCUT2D eigenvalue weighted by Crippen LogP contribution is 2.30. The number of rotatable bonds is 2. The second kappa shape index (κ2) is 6.29. The van der Waals surface area contributed by atoms with E-state index in [0.717, 1.165) is 31.9 Å². The summed E-state index contributed by atoms with van der Waals surface area (Å²) in [5, 5.41) is 3.54. The smallest absolute Gasteiger partial charge is 0.142 e. The van der Waals surface area contributed by atoms with E-state index in [-0.39, 0.29) is 0 Å². The first-order valence-corrected chi connectivity index (χ1v) is 7.20. The highest BCUT2D eigenvalue weighted by molar-refractivity contribution is 5.60. The van der Waals surface area contributed by atoms with E-state index in [9.17, 15) is 0 Å². The summed E-state index contributed by atoms with van der Waals surface area (Å²) >= 11 is 0. The SMILES string of the molecule is COc1ccc(C)cc1N1CC(C)CNCC(C)C1. The molecule has 0 aromatic heterocycles. The van der Waals surface area contributed by atoms with Gasteiger partial charge in [-0.05, 0) is 49.5 Å². The monoisotopic (exact) mass is 262 g/mol. The number of hydrogen-bond acceptors (Lipinski definition) is 3. The number of nitrogens with one attached hydrogen (secondary N) is 1. The van der Waals surface area contributed by atoms with E-state index in [1.807, 2.05) is 0 Å². The van der Waals surface area contributed by atoms with Crippen molar-refractivity contribution in [3.63, 3.8) is 0 Å². The largest absolute Gasteiger partial charge is 0.495 e. The maximum absolute atomic E-state index is 5.54. The zero-order chi connectivity index (χ0) is 13.8. The van der Waals surface area contributed by atoms with Crippen LogP contribution in [-0.4, -0.2) is 33.3 Å². The van der Waals surface area contributed by atoms with Gasteiger partial charge in [-0.3, -0.25) is 0 Å². The van der Waals surface area contributed by atoms with Crippen molar-refractivity contribution < 1.29 is 4.74 Å². The molecule has 0 saturated carbocycles. The molecular weight excluding hydrogens is 236 g/mol. The van der Waals surface area contributed by atoms with Crippen LogP contribution in [0.2, 0.25) is 0 Å². The molecule has 3 nitrogen and oxygen atoms in total. The fourth-order valence-electron chi connectivity index (χ4n) is 2.78. The van der Waals surface area contributed by atoms with Crippen LogP contribution < -0.4 is 15.0 Å². The first kappa shape index (κ1) is 14.2. The van der Waals surface area contributed by atoms with Gasteiger partial charge in [0.2, 0.25) is 0 Å². The molecule has 19 heavy (non-hydrogen) atoms. The summed E-state index contributed by atoms with van der Waals surface area (Å²) < 4.78 is 5.54. The van der Waals surface area contributed by atoms with Gasteiger partial charge in [0, 0.05) is 13.1 Å². The van der Waals surface area contributed by atoms with E-state index in [4.69, 9.17) is 4.74 Å². The molecule has 3 heteroatoms. The zero-order valence-electron chi connectivity index (χ0n) is 12.6. The number of hydrogen-bond donors (Lipinski definition) is 1. The maximum atomic E-state index is 5.54. The van der Waals surface area contributed by atoms with Crippen molar-refractivity contribution >= 4 is 5.69 Å². The van der Waals surface area contributed by atoms with Gasteiger partial charge in [-0.15, -0.1) is 0 Å². The van der Waals surface area contributed by atoms with E-state index in [2.05, 4.69) is 49.2 Å². The van der Waals surface area contributed by atoms with Gasteiger partial charge in [0.1, 0.15) is 5.75 Å². The Labute approximate surface area is 116 Å². The Morgan fingerprint density at radius 2 is 1.79 bits per heavy atom. The number of anilines is 1. The molecule has 106 valence electrons. The molecule has 1 aliphatic heterocycles. The van der Waals surface area contributed by atoms with Crippen molar-refractivity contribution in [3.8, 4) is 5.75 Å². The minimum atomic E-state index is 0.651. The molecule has 2 rings (SSSR count). The Hall–Kier alpha value is -1.22. The molecule has 1 aromatic carbocycles. The molecule has 1 fully saturated rings. The predicted molar refractivity (Wildman–Crippen MR) is 81.1 cm³/mol. The molecule has 1 N–H and O–H groups in total. The molecule has 0 spiro atoms. The van der Waals surface area contributed by atoms with Crippen LogP contribution in [0.15, 0.2) is 18.2 Å². The van der Waals surface area contributed by atoms with Gasteiger partial charge < -0.3 is 15.0 Å². The fourth-order valence-corrected chi connectivity index (χ4v) is 2.78. The molecule has 1 heterocycles. The van der Waals surface area contributed by atoms with E-state index >= 15 is 0 Å². The highest BCUT2D eigenvalue weighted by atomic mass is 16.5. The summed E-state index contributed by atoms with van der Waals surface area (Å²) in [4.78, 5) is 2.49. The molecule has 0 bridgehead atoms. The van der Waals surface area contributed by atoms with Crippen LogP contribution in [-0.2, 0) is 0 Å². The van der Waals surface area contributed by atoms with Crippen molar-refractivity contribution in [1.29, 1.82) is 0 Å². The Balaban J connectivity index is 2.28. The number of aryl methyl sites for hydroxylation is 1. The molecule has 1 saturated heterocycles. The van der Waals surface area contributed by atoms with Crippen LogP contribution in [0.5, 0.6) is 5.75 Å². The lowest BCUT2D eigenvalue weighted by Crippen LogP contribution is -2.42. The van der Waals surface area contributed by atoms with Crippen molar-refractivity contribution in [2.24, 2.45) is 11.8 Å². The Morgan fingerprint density at radius 3 is 2.37 bits per heavy atom. The minimum Gasteiger partial charge on any atom is -0.495 e. The molecule has 2 unspecified atom stereocenters. The lowest BCUT2D eigenvalue weighted by atomic mass is 10.0. The fraction of sp³-hybridized carbons (Fsp3) is 0.625. The van der Waals surface area contributed by atoms with Gasteiger partial charge >= 0.3 is 0 Å². The first-order chi connectivity index (χ1) is 9.10. The third-order valence-electron chi connectivity index (χ3n) is 3.72. The van der Waals surface area contributed by atoms with Crippen LogP contribution >= 0.6 is 0 Å². The topological polar surface area (TPSA) is 24.5 Å². The summed E-state index contributed by atoms with van der Waals surface area (Å²) in [6, 6.07) is 6.44. The molecule has 2 atom stereocenters. The number of benzene rings is 1. The van der Waals surface area contributed by atoms with Gasteiger partial charge in [-0.1, -0.05) is 19.9 Å². The highest BCUT2D eigenvalue weighted by Gasteiger charge is 2.20. The van der Waals surface area contributed by atoms with E-state index in [1.54, 1.807) is 7.11 Å². The summed E-state index contributed by atoms with van der Waals surface area (Å²) in [5.74, 6) is 2.29. The van der Waals surface area contributed by atoms with Crippen LogP contribution in [0.4, 0.5) is 5.69 Å². The maximum Gasteiger partial charge on any atom is 0.142 e. The quantitative estimate of drug-likeness (QED) is 0.887. The average Bonchev–Trinajstić information content (AvgIpc) is 2.36. The second-order valence-electron chi connectivity index (χ2n) is 5.95. The van der Waals surface area contributed by atoms with Gasteiger partial charge in [0.05, 0.1) is 12.8 Å². The van der Waals surface area contributed by atoms with Gasteiger partial charge in [0.15, 0.2) is 0 Å². The lowest BCUT2D eigenvalue weighted by molar-refractivity contribution is 0.394. The number of methoxy groups -OCH3 is 1. The normalized spacial score (nSPS) is 24.7. The average molecular weight is 262 g/mol. The molecule has 1 aliphatic rings. The summed E-state index contributed by atoms with van der Waals surface area (Å²) in [5.41, 5.74) is 2.53. The third-order valence-corrected chi connectivity index (χ3v) is 3.72. The number of ether oxygens (including phenoxy) is 1. The zero-order valence-corrected chi connectivity index (χ0v) is 12.6. The predicted octanol–water partition coefficient (Wildman–Crippen LogP) is 2.69. The molecule has 1 aromatic rings. The van der Waals surface area contributed by atoms with E-state index in [1.165, 1.54) is 11.3 Å². The van der Waals surface area contributed by atoms with Crippen LogP contribution in [0.25, 0.3) is 0 Å². The van der Waals surface area contributed by atoms with Crippen molar-refractivity contribution in [1.82, 2.24) is 5.32 Å². The standard InChI is InChI=1S/C16H26N2O/c1-12-5-6-16(19-4)15(7-12)18-10-13(2)8-17-9-14(3)11-18/h5-7,13-14,17H,8-11H2,1-4H3. The Kier molecular flexibility index (Phi) is 4.70. The molecule has 0 amide bonds. The van der Waals surface area contributed by atoms with Gasteiger partial charge in [-0.25, -0.2) is 0 Å².